The summed E-state index contributed by atoms with van der Waals surface area (Å²) in [6, 6.07) is 0.176. The van der Waals surface area contributed by atoms with Gasteiger partial charge in [0.1, 0.15) is 0 Å². The number of carbonyl (C=O) groups is 1. The molecule has 0 spiro atoms. The lowest BCUT2D eigenvalue weighted by molar-refractivity contribution is -0.141. The normalized spacial score (nSPS) is 15.1. The van der Waals surface area contributed by atoms with E-state index in [4.69, 9.17) is 5.11 Å². The van der Waals surface area contributed by atoms with Crippen LogP contribution in [0.2, 0.25) is 0 Å². The predicted molar refractivity (Wildman–Crippen MR) is 61.1 cm³/mol. The molecule has 0 radical (unpaired) electrons. The second kappa shape index (κ2) is 5.12. The number of aromatic nitrogens is 2. The zero-order valence-corrected chi connectivity index (χ0v) is 10.2. The maximum Gasteiger partial charge on any atom is 0.307 e. The minimum absolute atomic E-state index is 0.176. The molecule has 1 heterocycles. The Morgan fingerprint density at radius 2 is 2.25 bits per heavy atom. The highest BCUT2D eigenvalue weighted by atomic mass is 16.4. The lowest BCUT2D eigenvalue weighted by Crippen LogP contribution is -2.30. The van der Waals surface area contributed by atoms with Crippen molar-refractivity contribution in [1.29, 1.82) is 0 Å². The van der Waals surface area contributed by atoms with Gasteiger partial charge in [0.05, 0.1) is 12.1 Å². The summed E-state index contributed by atoms with van der Waals surface area (Å²) in [4.78, 5) is 12.8. The third-order valence-corrected chi connectivity index (χ3v) is 2.85. The molecular formula is C11H19N3O2. The van der Waals surface area contributed by atoms with Crippen LogP contribution in [0.4, 0.5) is 0 Å². The number of hydrogen-bond acceptors (Lipinski definition) is 3. The van der Waals surface area contributed by atoms with E-state index < -0.39 is 5.97 Å². The first kappa shape index (κ1) is 12.7. The topological polar surface area (TPSA) is 58.4 Å². The van der Waals surface area contributed by atoms with E-state index in [1.54, 1.807) is 11.6 Å². The van der Waals surface area contributed by atoms with Crippen molar-refractivity contribution in [3.05, 3.63) is 18.0 Å². The molecule has 0 amide bonds. The third-order valence-electron chi connectivity index (χ3n) is 2.85. The number of aryl methyl sites for hydroxylation is 1. The molecule has 0 aromatic carbocycles. The van der Waals surface area contributed by atoms with E-state index >= 15 is 0 Å². The lowest BCUT2D eigenvalue weighted by atomic mass is 10.1. The van der Waals surface area contributed by atoms with Crippen LogP contribution in [-0.2, 0) is 11.8 Å². The average Bonchev–Trinajstić information content (AvgIpc) is 2.63. The van der Waals surface area contributed by atoms with Crippen LogP contribution < -0.4 is 0 Å². The molecule has 5 nitrogen and oxygen atoms in total. The van der Waals surface area contributed by atoms with E-state index in [9.17, 15) is 4.79 Å². The van der Waals surface area contributed by atoms with Crippen molar-refractivity contribution in [2.75, 3.05) is 13.6 Å². The molecule has 0 bridgehead atoms. The molecule has 0 aliphatic rings. The monoisotopic (exact) mass is 225 g/mol. The Bertz CT molecular complexity index is 362. The van der Waals surface area contributed by atoms with Gasteiger partial charge in [-0.3, -0.25) is 14.4 Å². The molecule has 0 aliphatic heterocycles. The number of carboxylic acids is 1. The van der Waals surface area contributed by atoms with Gasteiger partial charge in [-0.2, -0.15) is 5.10 Å². The van der Waals surface area contributed by atoms with Gasteiger partial charge in [-0.15, -0.1) is 0 Å². The lowest BCUT2D eigenvalue weighted by Gasteiger charge is -2.25. The van der Waals surface area contributed by atoms with E-state index in [0.717, 1.165) is 5.56 Å². The summed E-state index contributed by atoms with van der Waals surface area (Å²) in [6.07, 6.45) is 3.76. The molecule has 16 heavy (non-hydrogen) atoms. The Morgan fingerprint density at radius 3 is 2.69 bits per heavy atom. The first-order chi connectivity index (χ1) is 7.41. The highest BCUT2D eigenvalue weighted by Gasteiger charge is 2.18. The second-order valence-corrected chi connectivity index (χ2v) is 4.30. The first-order valence-corrected chi connectivity index (χ1v) is 5.33. The van der Waals surface area contributed by atoms with Gasteiger partial charge < -0.3 is 5.11 Å². The van der Waals surface area contributed by atoms with Gasteiger partial charge in [0.15, 0.2) is 0 Å². The quantitative estimate of drug-likeness (QED) is 0.816. The highest BCUT2D eigenvalue weighted by Crippen LogP contribution is 2.18. The van der Waals surface area contributed by atoms with Crippen LogP contribution in [-0.4, -0.2) is 39.3 Å². The van der Waals surface area contributed by atoms with E-state index in [-0.39, 0.29) is 12.0 Å². The zero-order valence-electron chi connectivity index (χ0n) is 10.2. The summed E-state index contributed by atoms with van der Waals surface area (Å²) >= 11 is 0. The fourth-order valence-electron chi connectivity index (χ4n) is 1.58. The molecule has 5 heteroatoms. The van der Waals surface area contributed by atoms with Gasteiger partial charge >= 0.3 is 5.97 Å². The fourth-order valence-corrected chi connectivity index (χ4v) is 1.58. The minimum atomic E-state index is -0.759. The minimum Gasteiger partial charge on any atom is -0.481 e. The van der Waals surface area contributed by atoms with Crippen LogP contribution in [0.3, 0.4) is 0 Å². The predicted octanol–water partition coefficient (Wildman–Crippen LogP) is 1.13. The summed E-state index contributed by atoms with van der Waals surface area (Å²) in [5.74, 6) is -1.12. The number of carboxylic acid groups (broad SMARTS) is 1. The van der Waals surface area contributed by atoms with Gasteiger partial charge in [-0.05, 0) is 14.0 Å². The molecule has 0 fully saturated rings. The summed E-state index contributed by atoms with van der Waals surface area (Å²) in [6.45, 7) is 4.30. The standard InChI is InChI=1S/C11H19N3O2/c1-8(11(15)16)6-13(3)9(2)10-5-12-14(4)7-10/h5,7-9H,6H2,1-4H3,(H,15,16). The molecule has 1 aromatic heterocycles. The summed E-state index contributed by atoms with van der Waals surface area (Å²) < 4.78 is 1.75. The van der Waals surface area contributed by atoms with E-state index in [1.165, 1.54) is 0 Å². The van der Waals surface area contributed by atoms with Crippen molar-refractivity contribution >= 4 is 5.97 Å². The van der Waals surface area contributed by atoms with Gasteiger partial charge in [-0.25, -0.2) is 0 Å². The molecular weight excluding hydrogens is 206 g/mol. The Labute approximate surface area is 95.7 Å². The Kier molecular flexibility index (Phi) is 4.06. The van der Waals surface area contributed by atoms with Crippen molar-refractivity contribution in [3.8, 4) is 0 Å². The molecule has 1 N–H and O–H groups in total. The Balaban J connectivity index is 2.60. The van der Waals surface area contributed by atoms with Crippen LogP contribution in [0.5, 0.6) is 0 Å². The maximum atomic E-state index is 10.8. The number of aliphatic carboxylic acids is 1. The van der Waals surface area contributed by atoms with E-state index in [0.29, 0.717) is 6.54 Å². The Hall–Kier alpha value is -1.36. The molecule has 0 saturated carbocycles. The molecule has 0 saturated heterocycles. The van der Waals surface area contributed by atoms with Crippen molar-refractivity contribution in [2.45, 2.75) is 19.9 Å². The Morgan fingerprint density at radius 1 is 1.62 bits per heavy atom. The van der Waals surface area contributed by atoms with Crippen LogP contribution >= 0.6 is 0 Å². The van der Waals surface area contributed by atoms with Crippen molar-refractivity contribution in [1.82, 2.24) is 14.7 Å². The highest BCUT2D eigenvalue weighted by molar-refractivity contribution is 5.69. The molecule has 1 rings (SSSR count). The van der Waals surface area contributed by atoms with Gasteiger partial charge in [0.2, 0.25) is 0 Å². The summed E-state index contributed by atoms with van der Waals surface area (Å²) in [5, 5.41) is 13.0. The first-order valence-electron chi connectivity index (χ1n) is 5.33. The van der Waals surface area contributed by atoms with Crippen molar-refractivity contribution in [2.24, 2.45) is 13.0 Å². The third kappa shape index (κ3) is 3.06. The number of rotatable bonds is 5. The fraction of sp³-hybridized carbons (Fsp3) is 0.636. The SMILES string of the molecule is CC(CN(C)C(C)c1cnn(C)c1)C(=O)O. The molecule has 2 unspecified atom stereocenters. The van der Waals surface area contributed by atoms with Gasteiger partial charge in [-0.1, -0.05) is 6.92 Å². The summed E-state index contributed by atoms with van der Waals surface area (Å²) in [7, 11) is 3.80. The zero-order chi connectivity index (χ0) is 12.3. The second-order valence-electron chi connectivity index (χ2n) is 4.30. The molecule has 1 aromatic rings. The number of nitrogens with zero attached hydrogens (tertiary/aromatic N) is 3. The molecule has 0 aliphatic carbocycles. The summed E-state index contributed by atoms with van der Waals surface area (Å²) in [5.41, 5.74) is 1.10. The van der Waals surface area contributed by atoms with Crippen molar-refractivity contribution in [3.63, 3.8) is 0 Å². The smallest absolute Gasteiger partial charge is 0.307 e. The largest absolute Gasteiger partial charge is 0.481 e. The van der Waals surface area contributed by atoms with Crippen LogP contribution in [0, 0.1) is 5.92 Å². The van der Waals surface area contributed by atoms with E-state index in [1.807, 2.05) is 38.3 Å². The average molecular weight is 225 g/mol. The number of hydrogen-bond donors (Lipinski definition) is 1. The molecule has 90 valence electrons. The van der Waals surface area contributed by atoms with Crippen LogP contribution in [0.25, 0.3) is 0 Å². The maximum absolute atomic E-state index is 10.8. The van der Waals surface area contributed by atoms with Crippen molar-refractivity contribution < 1.29 is 9.90 Å². The van der Waals surface area contributed by atoms with Gasteiger partial charge in [0.25, 0.3) is 0 Å². The molecule has 2 atom stereocenters. The van der Waals surface area contributed by atoms with Gasteiger partial charge in [0, 0.05) is 31.4 Å². The van der Waals surface area contributed by atoms with Crippen LogP contribution in [0.15, 0.2) is 12.4 Å². The van der Waals surface area contributed by atoms with Crippen LogP contribution in [0.1, 0.15) is 25.5 Å². The van der Waals surface area contributed by atoms with E-state index in [2.05, 4.69) is 5.10 Å².